The first-order valence-electron chi connectivity index (χ1n) is 7.97. The van der Waals surface area contributed by atoms with Gasteiger partial charge in [0.1, 0.15) is 6.10 Å². The Morgan fingerprint density at radius 2 is 2.08 bits per heavy atom. The molecule has 1 saturated heterocycles. The van der Waals surface area contributed by atoms with E-state index in [-0.39, 0.29) is 18.0 Å². The molecule has 1 fully saturated rings. The molecule has 1 aromatic heterocycles. The summed E-state index contributed by atoms with van der Waals surface area (Å²) in [5, 5.41) is 0.597. The largest absolute Gasteiger partial charge is 0.458 e. The zero-order chi connectivity index (χ0) is 17.6. The van der Waals surface area contributed by atoms with Crippen LogP contribution in [0.15, 0.2) is 42.7 Å². The normalized spacial score (nSPS) is 17.7. The highest BCUT2D eigenvalue weighted by molar-refractivity contribution is 6.32. The number of piperidine rings is 1. The number of rotatable bonds is 4. The lowest BCUT2D eigenvalue weighted by atomic mass is 10.1. The van der Waals surface area contributed by atoms with Gasteiger partial charge in [-0.05, 0) is 30.5 Å². The zero-order valence-corrected chi connectivity index (χ0v) is 14.2. The van der Waals surface area contributed by atoms with Crippen LogP contribution in [0.5, 0.6) is 6.01 Å². The molecule has 2 heterocycles. The Hall–Kier alpha value is -2.47. The molecule has 1 unspecified atom stereocenters. The van der Waals surface area contributed by atoms with Crippen molar-refractivity contribution >= 4 is 23.6 Å². The summed E-state index contributed by atoms with van der Waals surface area (Å²) in [6, 6.07) is 7.45. The molecule has 0 bridgehead atoms. The predicted molar refractivity (Wildman–Crippen MR) is 92.7 cm³/mol. The number of carbonyl (C=O) groups is 1. The Morgan fingerprint density at radius 1 is 1.32 bits per heavy atom. The summed E-state index contributed by atoms with van der Waals surface area (Å²) in [4.78, 5) is 21.7. The van der Waals surface area contributed by atoms with E-state index in [1.54, 1.807) is 17.0 Å². The smallest absolute Gasteiger partial charge is 0.316 e. The van der Waals surface area contributed by atoms with Crippen LogP contribution >= 0.6 is 11.6 Å². The lowest BCUT2D eigenvalue weighted by Crippen LogP contribution is -2.43. The van der Waals surface area contributed by atoms with Gasteiger partial charge in [-0.15, -0.1) is 0 Å². The van der Waals surface area contributed by atoms with Gasteiger partial charge in [-0.1, -0.05) is 29.8 Å². The number of hydrogen-bond donors (Lipinski definition) is 0. The summed E-state index contributed by atoms with van der Waals surface area (Å²) in [6.45, 7) is 1.10. The molecule has 1 amide bonds. The van der Waals surface area contributed by atoms with E-state index in [2.05, 4.69) is 9.97 Å². The van der Waals surface area contributed by atoms with Gasteiger partial charge in [0, 0.05) is 17.6 Å². The molecule has 3 rings (SSSR count). The zero-order valence-electron chi connectivity index (χ0n) is 13.4. The van der Waals surface area contributed by atoms with Crippen molar-refractivity contribution in [3.63, 3.8) is 0 Å². The van der Waals surface area contributed by atoms with Gasteiger partial charge in [0.05, 0.1) is 18.9 Å². The summed E-state index contributed by atoms with van der Waals surface area (Å²) >= 11 is 6.08. The summed E-state index contributed by atoms with van der Waals surface area (Å²) in [6.07, 6.45) is 6.73. The van der Waals surface area contributed by atoms with E-state index >= 15 is 0 Å². The number of benzene rings is 1. The molecule has 0 saturated carbocycles. The maximum Gasteiger partial charge on any atom is 0.316 e. The molecule has 1 atom stereocenters. The van der Waals surface area contributed by atoms with Gasteiger partial charge in [0.2, 0.25) is 5.91 Å². The average molecular weight is 362 g/mol. The fourth-order valence-corrected chi connectivity index (χ4v) is 2.82. The third kappa shape index (κ3) is 4.76. The molecule has 7 heteroatoms. The second-order valence-electron chi connectivity index (χ2n) is 5.71. The van der Waals surface area contributed by atoms with Crippen LogP contribution in [-0.4, -0.2) is 40.0 Å². The first-order valence-corrected chi connectivity index (χ1v) is 8.35. The van der Waals surface area contributed by atoms with Gasteiger partial charge >= 0.3 is 6.01 Å². The van der Waals surface area contributed by atoms with Gasteiger partial charge in [0.15, 0.2) is 5.82 Å². The molecule has 0 N–H and O–H groups in total. The molecule has 1 aliphatic heterocycles. The number of ether oxygens (including phenoxy) is 1. The van der Waals surface area contributed by atoms with Crippen molar-refractivity contribution in [3.05, 3.63) is 59.1 Å². The maximum atomic E-state index is 12.8. The first-order chi connectivity index (χ1) is 12.1. The quantitative estimate of drug-likeness (QED) is 0.784. The molecular weight excluding hydrogens is 345 g/mol. The lowest BCUT2D eigenvalue weighted by molar-refractivity contribution is -0.128. The van der Waals surface area contributed by atoms with Gasteiger partial charge in [0.25, 0.3) is 0 Å². The molecule has 0 spiro atoms. The second-order valence-corrected chi connectivity index (χ2v) is 6.11. The van der Waals surface area contributed by atoms with Crippen molar-refractivity contribution in [2.45, 2.75) is 18.9 Å². The highest BCUT2D eigenvalue weighted by Gasteiger charge is 2.24. The number of amides is 1. The number of likely N-dealkylation sites (tertiary alicyclic amines) is 1. The molecule has 1 aliphatic rings. The highest BCUT2D eigenvalue weighted by atomic mass is 35.5. The molecule has 0 aliphatic carbocycles. The van der Waals surface area contributed by atoms with E-state index in [0.717, 1.165) is 30.8 Å². The monoisotopic (exact) mass is 361 g/mol. The molecule has 25 heavy (non-hydrogen) atoms. The maximum absolute atomic E-state index is 12.8. The predicted octanol–water partition coefficient (Wildman–Crippen LogP) is 3.35. The van der Waals surface area contributed by atoms with Gasteiger partial charge in [-0.3, -0.25) is 4.79 Å². The highest BCUT2D eigenvalue weighted by Crippen LogP contribution is 2.18. The number of hydrogen-bond acceptors (Lipinski definition) is 4. The Labute approximate surface area is 150 Å². The van der Waals surface area contributed by atoms with Crippen LogP contribution in [0.3, 0.4) is 0 Å². The van der Waals surface area contributed by atoms with Gasteiger partial charge in [-0.2, -0.15) is 0 Å². The Bertz CT molecular complexity index is 767. The molecule has 1 aromatic carbocycles. The fourth-order valence-electron chi connectivity index (χ4n) is 2.62. The van der Waals surface area contributed by atoms with Crippen LogP contribution in [0.4, 0.5) is 4.39 Å². The minimum Gasteiger partial charge on any atom is -0.458 e. The Balaban J connectivity index is 1.59. The number of aromatic nitrogens is 2. The number of nitrogens with zero attached hydrogens (tertiary/aromatic N) is 3. The van der Waals surface area contributed by atoms with E-state index < -0.39 is 5.82 Å². The van der Waals surface area contributed by atoms with Gasteiger partial charge < -0.3 is 9.64 Å². The van der Waals surface area contributed by atoms with Crippen LogP contribution in [0, 0.1) is 5.82 Å². The Kier molecular flexibility index (Phi) is 5.60. The van der Waals surface area contributed by atoms with E-state index in [1.165, 1.54) is 6.08 Å². The fraction of sp³-hybridized carbons (Fsp3) is 0.278. The summed E-state index contributed by atoms with van der Waals surface area (Å²) in [7, 11) is 0. The van der Waals surface area contributed by atoms with Crippen molar-refractivity contribution in [1.29, 1.82) is 0 Å². The average Bonchev–Trinajstić information content (AvgIpc) is 2.63. The van der Waals surface area contributed by atoms with Crippen molar-refractivity contribution in [1.82, 2.24) is 14.9 Å². The van der Waals surface area contributed by atoms with Crippen LogP contribution < -0.4 is 4.74 Å². The van der Waals surface area contributed by atoms with E-state index in [0.29, 0.717) is 18.1 Å². The third-order valence-electron chi connectivity index (χ3n) is 3.87. The third-order valence-corrected chi connectivity index (χ3v) is 4.21. The SMILES string of the molecule is O=C(/C=C/c1ccccc1Cl)N1CCCC(Oc2ncc(F)cn2)C1. The minimum atomic E-state index is -0.516. The van der Waals surface area contributed by atoms with Crippen molar-refractivity contribution in [2.24, 2.45) is 0 Å². The van der Waals surface area contributed by atoms with E-state index in [4.69, 9.17) is 16.3 Å². The summed E-state index contributed by atoms with van der Waals surface area (Å²) in [5.74, 6) is -0.620. The van der Waals surface area contributed by atoms with E-state index in [1.807, 2.05) is 18.2 Å². The van der Waals surface area contributed by atoms with Crippen LogP contribution in [0.1, 0.15) is 18.4 Å². The Morgan fingerprint density at radius 3 is 2.84 bits per heavy atom. The van der Waals surface area contributed by atoms with Crippen LogP contribution in [-0.2, 0) is 4.79 Å². The molecule has 130 valence electrons. The lowest BCUT2D eigenvalue weighted by Gasteiger charge is -2.31. The van der Waals surface area contributed by atoms with Crippen LogP contribution in [0.25, 0.3) is 6.08 Å². The topological polar surface area (TPSA) is 55.3 Å². The van der Waals surface area contributed by atoms with Crippen molar-refractivity contribution in [2.75, 3.05) is 13.1 Å². The van der Waals surface area contributed by atoms with Crippen molar-refractivity contribution in [3.8, 4) is 6.01 Å². The number of carbonyl (C=O) groups excluding carboxylic acids is 1. The molecule has 5 nitrogen and oxygen atoms in total. The number of halogens is 2. The standard InChI is InChI=1S/C18H17ClFN3O2/c19-16-6-2-1-4-13(16)7-8-17(24)23-9-3-5-15(12-23)25-18-21-10-14(20)11-22-18/h1-2,4,6-8,10-11,15H,3,5,9,12H2/b8-7+. The molecule has 0 radical (unpaired) electrons. The molecular formula is C18H17ClFN3O2. The van der Waals surface area contributed by atoms with E-state index in [9.17, 15) is 9.18 Å². The van der Waals surface area contributed by atoms with Gasteiger partial charge in [-0.25, -0.2) is 14.4 Å². The van der Waals surface area contributed by atoms with Crippen LogP contribution in [0.2, 0.25) is 5.02 Å². The summed E-state index contributed by atoms with van der Waals surface area (Å²) < 4.78 is 18.5. The first kappa shape index (κ1) is 17.4. The minimum absolute atomic E-state index is 0.103. The molecule has 2 aromatic rings. The summed E-state index contributed by atoms with van der Waals surface area (Å²) in [5.41, 5.74) is 0.794. The second kappa shape index (κ2) is 8.07. The van der Waals surface area contributed by atoms with Crippen molar-refractivity contribution < 1.29 is 13.9 Å².